The van der Waals surface area contributed by atoms with Crippen LogP contribution in [-0.4, -0.2) is 32.3 Å². The molecule has 0 saturated heterocycles. The molecular weight excluding hydrogens is 304 g/mol. The van der Waals surface area contributed by atoms with Gasteiger partial charge in [0.2, 0.25) is 5.91 Å². The molecule has 1 aliphatic rings. The molecule has 0 spiro atoms. The number of carbonyl (C=O) groups is 1. The largest absolute Gasteiger partial charge is 0.493 e. The summed E-state index contributed by atoms with van der Waals surface area (Å²) in [7, 11) is 1.69. The van der Waals surface area contributed by atoms with Crippen molar-refractivity contribution in [2.24, 2.45) is 11.7 Å². The van der Waals surface area contributed by atoms with Gasteiger partial charge in [-0.05, 0) is 37.8 Å². The van der Waals surface area contributed by atoms with Gasteiger partial charge in [-0.2, -0.15) is 0 Å². The summed E-state index contributed by atoms with van der Waals surface area (Å²) in [6.45, 7) is 3.81. The van der Waals surface area contributed by atoms with Crippen LogP contribution in [0.2, 0.25) is 0 Å². The summed E-state index contributed by atoms with van der Waals surface area (Å²) < 4.78 is 10.9. The maximum Gasteiger partial charge on any atom is 0.223 e. The predicted octanol–water partition coefficient (Wildman–Crippen LogP) is 2.54. The highest BCUT2D eigenvalue weighted by molar-refractivity contribution is 5.78. The molecule has 2 unspecified atom stereocenters. The first kappa shape index (κ1) is 18.7. The van der Waals surface area contributed by atoms with E-state index in [0.717, 1.165) is 49.0 Å². The lowest BCUT2D eigenvalue weighted by molar-refractivity contribution is -0.126. The van der Waals surface area contributed by atoms with E-state index in [4.69, 9.17) is 15.2 Å². The van der Waals surface area contributed by atoms with Crippen LogP contribution in [-0.2, 0) is 16.1 Å². The Morgan fingerprint density at radius 2 is 2.17 bits per heavy atom. The first-order chi connectivity index (χ1) is 11.6. The second-order valence-corrected chi connectivity index (χ2v) is 6.65. The van der Waals surface area contributed by atoms with E-state index in [2.05, 4.69) is 5.32 Å². The van der Waals surface area contributed by atoms with Gasteiger partial charge in [0.05, 0.1) is 6.61 Å². The van der Waals surface area contributed by atoms with Crippen molar-refractivity contribution >= 4 is 5.91 Å². The first-order valence-corrected chi connectivity index (χ1v) is 8.84. The molecular formula is C19H30N2O3. The summed E-state index contributed by atoms with van der Waals surface area (Å²) in [6.07, 6.45) is 4.64. The van der Waals surface area contributed by atoms with Crippen molar-refractivity contribution in [3.05, 3.63) is 29.3 Å². The Bertz CT molecular complexity index is 533. The van der Waals surface area contributed by atoms with E-state index < -0.39 is 0 Å². The van der Waals surface area contributed by atoms with Gasteiger partial charge in [-0.25, -0.2) is 0 Å². The molecule has 134 valence electrons. The van der Waals surface area contributed by atoms with E-state index in [9.17, 15) is 4.79 Å². The second-order valence-electron chi connectivity index (χ2n) is 6.65. The lowest BCUT2D eigenvalue weighted by Crippen LogP contribution is -2.37. The molecule has 0 aromatic heterocycles. The predicted molar refractivity (Wildman–Crippen MR) is 94.9 cm³/mol. The molecule has 0 radical (unpaired) electrons. The molecule has 5 nitrogen and oxygen atoms in total. The zero-order valence-corrected chi connectivity index (χ0v) is 14.8. The molecule has 5 heteroatoms. The average molecular weight is 334 g/mol. The van der Waals surface area contributed by atoms with E-state index in [1.165, 1.54) is 0 Å². The minimum atomic E-state index is 0.0465. The van der Waals surface area contributed by atoms with Gasteiger partial charge in [-0.1, -0.05) is 18.6 Å². The lowest BCUT2D eigenvalue weighted by Gasteiger charge is -2.25. The zero-order valence-electron chi connectivity index (χ0n) is 14.8. The highest BCUT2D eigenvalue weighted by Crippen LogP contribution is 2.24. The Kier molecular flexibility index (Phi) is 7.53. The van der Waals surface area contributed by atoms with Crippen LogP contribution in [0.25, 0.3) is 0 Å². The molecule has 0 bridgehead atoms. The van der Waals surface area contributed by atoms with Crippen LogP contribution in [0.5, 0.6) is 5.75 Å². The summed E-state index contributed by atoms with van der Waals surface area (Å²) in [4.78, 5) is 12.4. The Morgan fingerprint density at radius 1 is 1.33 bits per heavy atom. The van der Waals surface area contributed by atoms with E-state index in [1.54, 1.807) is 7.11 Å². The van der Waals surface area contributed by atoms with Gasteiger partial charge in [0.1, 0.15) is 5.75 Å². The van der Waals surface area contributed by atoms with Crippen LogP contribution < -0.4 is 15.8 Å². The number of benzene rings is 1. The van der Waals surface area contributed by atoms with Gasteiger partial charge in [0.15, 0.2) is 0 Å². The molecule has 1 amide bonds. The highest BCUT2D eigenvalue weighted by atomic mass is 16.5. The van der Waals surface area contributed by atoms with Gasteiger partial charge in [-0.15, -0.1) is 0 Å². The first-order valence-electron chi connectivity index (χ1n) is 8.84. The molecule has 3 N–H and O–H groups in total. The third kappa shape index (κ3) is 5.80. The number of nitrogens with two attached hydrogens (primary N) is 1. The van der Waals surface area contributed by atoms with Gasteiger partial charge in [0.25, 0.3) is 0 Å². The quantitative estimate of drug-likeness (QED) is 0.717. The summed E-state index contributed by atoms with van der Waals surface area (Å²) in [6, 6.07) is 6.24. The molecule has 1 aromatic rings. The van der Waals surface area contributed by atoms with Crippen LogP contribution in [0.1, 0.15) is 43.2 Å². The fourth-order valence-electron chi connectivity index (χ4n) is 3.12. The third-order valence-corrected chi connectivity index (χ3v) is 4.51. The average Bonchev–Trinajstić information content (AvgIpc) is 2.57. The van der Waals surface area contributed by atoms with Gasteiger partial charge in [-0.3, -0.25) is 4.79 Å². The lowest BCUT2D eigenvalue weighted by atomic mass is 9.85. The monoisotopic (exact) mass is 334 g/mol. The molecule has 0 heterocycles. The fourth-order valence-corrected chi connectivity index (χ4v) is 3.12. The number of aryl methyl sites for hydroxylation is 1. The number of hydrogen-bond donors (Lipinski definition) is 2. The molecule has 1 aliphatic carbocycles. The normalized spacial score (nSPS) is 20.6. The summed E-state index contributed by atoms with van der Waals surface area (Å²) in [5.74, 6) is 0.994. The van der Waals surface area contributed by atoms with Crippen LogP contribution in [0.3, 0.4) is 0 Å². The van der Waals surface area contributed by atoms with Crippen molar-refractivity contribution in [3.8, 4) is 5.75 Å². The van der Waals surface area contributed by atoms with E-state index in [-0.39, 0.29) is 17.9 Å². The standard InChI is InChI=1S/C19H30N2O3/c1-14-7-8-16(18(11-14)24-10-4-9-23-2)13-21-19(22)15-5-3-6-17(20)12-15/h7-8,11,15,17H,3-6,9-10,12-13,20H2,1-2H3,(H,21,22). The molecule has 2 atom stereocenters. The van der Waals surface area contributed by atoms with E-state index in [0.29, 0.717) is 19.8 Å². The number of carbonyl (C=O) groups excluding carboxylic acids is 1. The summed E-state index contributed by atoms with van der Waals surface area (Å²) in [5.41, 5.74) is 8.13. The summed E-state index contributed by atoms with van der Waals surface area (Å²) >= 11 is 0. The van der Waals surface area contributed by atoms with Crippen molar-refractivity contribution in [2.75, 3.05) is 20.3 Å². The molecule has 0 aliphatic heterocycles. The van der Waals surface area contributed by atoms with Gasteiger partial charge in [0, 0.05) is 44.2 Å². The van der Waals surface area contributed by atoms with Crippen LogP contribution in [0.4, 0.5) is 0 Å². The third-order valence-electron chi connectivity index (χ3n) is 4.51. The fraction of sp³-hybridized carbons (Fsp3) is 0.632. The zero-order chi connectivity index (χ0) is 17.4. The second kappa shape index (κ2) is 9.64. The Labute approximate surface area is 144 Å². The Hall–Kier alpha value is -1.59. The van der Waals surface area contributed by atoms with Crippen LogP contribution >= 0.6 is 0 Å². The molecule has 24 heavy (non-hydrogen) atoms. The molecule has 1 saturated carbocycles. The van der Waals surface area contributed by atoms with Gasteiger partial charge < -0.3 is 20.5 Å². The number of rotatable bonds is 8. The van der Waals surface area contributed by atoms with Crippen molar-refractivity contribution in [1.82, 2.24) is 5.32 Å². The smallest absolute Gasteiger partial charge is 0.223 e. The van der Waals surface area contributed by atoms with Crippen molar-refractivity contribution < 1.29 is 14.3 Å². The SMILES string of the molecule is COCCCOc1cc(C)ccc1CNC(=O)C1CCCC(N)C1. The van der Waals surface area contributed by atoms with Crippen molar-refractivity contribution in [3.63, 3.8) is 0 Å². The topological polar surface area (TPSA) is 73.6 Å². The summed E-state index contributed by atoms with van der Waals surface area (Å²) in [5, 5.41) is 3.05. The van der Waals surface area contributed by atoms with Crippen molar-refractivity contribution in [2.45, 2.75) is 51.6 Å². The van der Waals surface area contributed by atoms with E-state index >= 15 is 0 Å². The number of ether oxygens (including phenoxy) is 2. The Morgan fingerprint density at radius 3 is 2.92 bits per heavy atom. The number of amides is 1. The Balaban J connectivity index is 1.89. The van der Waals surface area contributed by atoms with E-state index in [1.807, 2.05) is 25.1 Å². The number of methoxy groups -OCH3 is 1. The van der Waals surface area contributed by atoms with Crippen LogP contribution in [0, 0.1) is 12.8 Å². The van der Waals surface area contributed by atoms with Crippen molar-refractivity contribution in [1.29, 1.82) is 0 Å². The minimum absolute atomic E-state index is 0.0465. The highest BCUT2D eigenvalue weighted by Gasteiger charge is 2.25. The maximum atomic E-state index is 12.4. The molecule has 2 rings (SSSR count). The number of hydrogen-bond acceptors (Lipinski definition) is 4. The van der Waals surface area contributed by atoms with Crippen LogP contribution in [0.15, 0.2) is 18.2 Å². The maximum absolute atomic E-state index is 12.4. The van der Waals surface area contributed by atoms with Gasteiger partial charge >= 0.3 is 0 Å². The molecule has 1 aromatic carbocycles. The minimum Gasteiger partial charge on any atom is -0.493 e. The molecule has 1 fully saturated rings. The number of nitrogens with one attached hydrogen (secondary N) is 1.